The Kier molecular flexibility index (Phi) is 11.4. The second-order valence-electron chi connectivity index (χ2n) is 0.814. The van der Waals surface area contributed by atoms with E-state index in [4.69, 9.17) is 15.2 Å². The van der Waals surface area contributed by atoms with Crippen LogP contribution in [0, 0.1) is 11.5 Å². The molecule has 0 aromatic heterocycles. The van der Waals surface area contributed by atoms with Gasteiger partial charge in [-0.1, -0.05) is 0 Å². The zero-order valence-electron chi connectivity index (χ0n) is 4.71. The van der Waals surface area contributed by atoms with Gasteiger partial charge in [-0.2, -0.15) is 5.26 Å². The maximum atomic E-state index is 9.00. The van der Waals surface area contributed by atoms with Crippen LogP contribution < -0.4 is 0 Å². The summed E-state index contributed by atoms with van der Waals surface area (Å²) in [5, 5.41) is 14.8. The number of rotatable bonds is 0. The number of aliphatic carboxylic acids is 1. The van der Waals surface area contributed by atoms with Crippen molar-refractivity contribution in [1.29, 1.82) is 5.26 Å². The lowest BCUT2D eigenvalue weighted by atomic mass is 10.9. The fourth-order valence-electron chi connectivity index (χ4n) is 0. The number of carboxylic acids is 1. The molecule has 0 radical (unpaired) electrons. The fourth-order valence-corrected chi connectivity index (χ4v) is 0. The lowest BCUT2D eigenvalue weighted by Gasteiger charge is -1.61. The van der Waals surface area contributed by atoms with E-state index in [0.29, 0.717) is 0 Å². The van der Waals surface area contributed by atoms with Crippen molar-refractivity contribution in [2.45, 2.75) is 6.92 Å². The zero-order chi connectivity index (χ0) is 6.99. The molecular weight excluding hydrogens is 110 g/mol. The lowest BCUT2D eigenvalue weighted by molar-refractivity contribution is -0.134. The molecule has 0 aliphatic rings. The molecule has 0 heterocycles. The van der Waals surface area contributed by atoms with Crippen molar-refractivity contribution in [1.82, 2.24) is 0 Å². The van der Waals surface area contributed by atoms with E-state index in [1.54, 1.807) is 0 Å². The van der Waals surface area contributed by atoms with Gasteiger partial charge in [0, 0.05) is 6.92 Å². The molecule has 0 bridgehead atoms. The number of hydrogen-bond acceptors (Lipinski definition) is 3. The summed E-state index contributed by atoms with van der Waals surface area (Å²) in [6.07, 6.45) is 1.43. The Morgan fingerprint density at radius 3 is 2.00 bits per heavy atom. The van der Waals surface area contributed by atoms with Gasteiger partial charge in [0.2, 0.25) is 0 Å². The van der Waals surface area contributed by atoms with Gasteiger partial charge in [-0.05, 0) is 0 Å². The first-order chi connectivity index (χ1) is 3.65. The van der Waals surface area contributed by atoms with E-state index < -0.39 is 5.97 Å². The van der Waals surface area contributed by atoms with Gasteiger partial charge < -0.3 is 9.84 Å². The van der Waals surface area contributed by atoms with Crippen molar-refractivity contribution in [3.8, 4) is 6.26 Å². The van der Waals surface area contributed by atoms with Gasteiger partial charge in [0.25, 0.3) is 12.2 Å². The monoisotopic (exact) mass is 117 g/mol. The quantitative estimate of drug-likeness (QED) is 0.460. The molecule has 0 saturated heterocycles. The molecule has 0 aromatic carbocycles. The van der Waals surface area contributed by atoms with Crippen molar-refractivity contribution < 1.29 is 14.6 Å². The number of nitrogens with zero attached hydrogens (tertiary/aromatic N) is 1. The van der Waals surface area contributed by atoms with Crippen molar-refractivity contribution >= 4 is 5.97 Å². The highest BCUT2D eigenvalue weighted by atomic mass is 16.5. The molecule has 8 heavy (non-hydrogen) atoms. The molecule has 0 spiro atoms. The predicted octanol–water partition coefficient (Wildman–Crippen LogP) is 0.205. The molecule has 0 aromatic rings. The minimum Gasteiger partial charge on any atom is -0.481 e. The molecule has 4 heteroatoms. The first-order valence-electron chi connectivity index (χ1n) is 1.76. The summed E-state index contributed by atoms with van der Waals surface area (Å²) >= 11 is 0. The lowest BCUT2D eigenvalue weighted by Crippen LogP contribution is -1.78. The van der Waals surface area contributed by atoms with Crippen LogP contribution in [0.15, 0.2) is 0 Å². The first kappa shape index (κ1) is 9.90. The van der Waals surface area contributed by atoms with E-state index in [1.165, 1.54) is 13.4 Å². The van der Waals surface area contributed by atoms with Crippen LogP contribution in [0.1, 0.15) is 6.92 Å². The Morgan fingerprint density at radius 2 is 2.00 bits per heavy atom. The van der Waals surface area contributed by atoms with Crippen molar-refractivity contribution in [3.63, 3.8) is 0 Å². The molecule has 0 rings (SSSR count). The molecular formula is C4H7NO3. The van der Waals surface area contributed by atoms with E-state index in [9.17, 15) is 0 Å². The van der Waals surface area contributed by atoms with Crippen LogP contribution in [0.3, 0.4) is 0 Å². The second kappa shape index (κ2) is 9.23. The molecule has 0 fully saturated rings. The van der Waals surface area contributed by atoms with Crippen LogP contribution in [0.4, 0.5) is 0 Å². The van der Waals surface area contributed by atoms with E-state index in [-0.39, 0.29) is 0 Å². The molecule has 0 atom stereocenters. The van der Waals surface area contributed by atoms with Gasteiger partial charge >= 0.3 is 0 Å². The smallest absolute Gasteiger partial charge is 0.300 e. The van der Waals surface area contributed by atoms with Gasteiger partial charge in [0.1, 0.15) is 0 Å². The zero-order valence-corrected chi connectivity index (χ0v) is 4.71. The van der Waals surface area contributed by atoms with E-state index in [2.05, 4.69) is 4.74 Å². The third-order valence-corrected chi connectivity index (χ3v) is 0.0913. The molecule has 4 nitrogen and oxygen atoms in total. The largest absolute Gasteiger partial charge is 0.481 e. The highest BCUT2D eigenvalue weighted by molar-refractivity contribution is 5.62. The summed E-state index contributed by atoms with van der Waals surface area (Å²) in [4.78, 5) is 9.00. The van der Waals surface area contributed by atoms with E-state index in [0.717, 1.165) is 6.92 Å². The van der Waals surface area contributed by atoms with Gasteiger partial charge in [0.05, 0.1) is 7.11 Å². The van der Waals surface area contributed by atoms with E-state index in [1.807, 2.05) is 0 Å². The minimum absolute atomic E-state index is 0.833. The Morgan fingerprint density at radius 1 is 1.88 bits per heavy atom. The van der Waals surface area contributed by atoms with Crippen LogP contribution in [-0.2, 0) is 9.53 Å². The average Bonchev–Trinajstić information content (AvgIpc) is 1.65. The maximum absolute atomic E-state index is 9.00. The highest BCUT2D eigenvalue weighted by Crippen LogP contribution is 1.42. The van der Waals surface area contributed by atoms with Crippen LogP contribution in [0.25, 0.3) is 0 Å². The van der Waals surface area contributed by atoms with Crippen LogP contribution in [0.5, 0.6) is 0 Å². The Hall–Kier alpha value is -1.24. The summed E-state index contributed by atoms with van der Waals surface area (Å²) in [7, 11) is 1.32. The standard InChI is InChI=1S/C2H3NO.C2H4O2/c1-4-2-3;1-2(3)4/h1H3;1H3,(H,3,4). The molecule has 0 saturated carbocycles. The summed E-state index contributed by atoms with van der Waals surface area (Å²) in [6, 6.07) is 0. The number of carbonyl (C=O) groups is 1. The Balaban J connectivity index is 0. The molecule has 0 unspecified atom stereocenters. The first-order valence-corrected chi connectivity index (χ1v) is 1.76. The average molecular weight is 117 g/mol. The maximum Gasteiger partial charge on any atom is 0.300 e. The van der Waals surface area contributed by atoms with Crippen molar-refractivity contribution in [2.75, 3.05) is 7.11 Å². The Bertz CT molecular complexity index is 89.9. The summed E-state index contributed by atoms with van der Waals surface area (Å²) < 4.78 is 3.85. The van der Waals surface area contributed by atoms with Gasteiger partial charge in [-0.15, -0.1) is 0 Å². The molecule has 46 valence electrons. The number of nitriles is 1. The molecule has 0 amide bonds. The molecule has 0 aliphatic carbocycles. The minimum atomic E-state index is -0.833. The third kappa shape index (κ3) is 1170. The van der Waals surface area contributed by atoms with Crippen LogP contribution in [-0.4, -0.2) is 18.2 Å². The Labute approximate surface area is 47.3 Å². The van der Waals surface area contributed by atoms with E-state index >= 15 is 0 Å². The van der Waals surface area contributed by atoms with Crippen molar-refractivity contribution in [3.05, 3.63) is 0 Å². The fraction of sp³-hybridized carbons (Fsp3) is 0.500. The highest BCUT2D eigenvalue weighted by Gasteiger charge is 1.65. The summed E-state index contributed by atoms with van der Waals surface area (Å²) in [6.45, 7) is 1.08. The van der Waals surface area contributed by atoms with Crippen LogP contribution >= 0.6 is 0 Å². The summed E-state index contributed by atoms with van der Waals surface area (Å²) in [5.74, 6) is -0.833. The number of methoxy groups -OCH3 is 1. The normalized spacial score (nSPS) is 5.12. The predicted molar refractivity (Wildman–Crippen MR) is 25.9 cm³/mol. The molecule has 1 N–H and O–H groups in total. The summed E-state index contributed by atoms with van der Waals surface area (Å²) in [5.41, 5.74) is 0. The van der Waals surface area contributed by atoms with Crippen molar-refractivity contribution in [2.24, 2.45) is 0 Å². The van der Waals surface area contributed by atoms with Gasteiger partial charge in [-0.25, -0.2) is 0 Å². The SMILES string of the molecule is CC(=O)O.COC#N. The van der Waals surface area contributed by atoms with Gasteiger partial charge in [-0.3, -0.25) is 4.79 Å². The number of hydrogen-bond donors (Lipinski definition) is 1. The number of carboxylic acid groups (broad SMARTS) is 1. The molecule has 0 aliphatic heterocycles. The topological polar surface area (TPSA) is 70.3 Å². The number of ether oxygens (including phenoxy) is 1. The third-order valence-electron chi connectivity index (χ3n) is 0.0913. The van der Waals surface area contributed by atoms with Gasteiger partial charge in [0.15, 0.2) is 0 Å². The van der Waals surface area contributed by atoms with Crippen LogP contribution in [0.2, 0.25) is 0 Å². The second-order valence-corrected chi connectivity index (χ2v) is 0.814.